The maximum absolute atomic E-state index is 12.3. The van der Waals surface area contributed by atoms with Gasteiger partial charge in [0.25, 0.3) is 0 Å². The lowest BCUT2D eigenvalue weighted by Gasteiger charge is -2.36. The molecule has 20 heavy (non-hydrogen) atoms. The number of hydrogen-bond acceptors (Lipinski definition) is 5. The van der Waals surface area contributed by atoms with Gasteiger partial charge in [0.2, 0.25) is 5.91 Å². The van der Waals surface area contributed by atoms with Crippen LogP contribution in [-0.2, 0) is 14.3 Å². The van der Waals surface area contributed by atoms with E-state index in [0.717, 1.165) is 19.7 Å². The third-order valence-electron chi connectivity index (χ3n) is 4.99. The van der Waals surface area contributed by atoms with Gasteiger partial charge in [-0.25, -0.2) is 0 Å². The summed E-state index contributed by atoms with van der Waals surface area (Å²) in [6.45, 7) is 6.17. The highest BCUT2D eigenvalue weighted by atomic mass is 16.5. The van der Waals surface area contributed by atoms with Gasteiger partial charge in [0.1, 0.15) is 0 Å². The van der Waals surface area contributed by atoms with Gasteiger partial charge < -0.3 is 20.5 Å². The van der Waals surface area contributed by atoms with Crippen molar-refractivity contribution in [3.05, 3.63) is 0 Å². The molecule has 4 atom stereocenters. The lowest BCUT2D eigenvalue weighted by Crippen LogP contribution is -2.54. The third kappa shape index (κ3) is 2.57. The molecule has 0 aromatic carbocycles. The standard InChI is InChI=1S/C14H25N3O3/c1-14(9-19-8-12(14)15)13(18)16-5-11-6-17-4-2-3-10(17)7-20-11/h10-12H,2-9,15H2,1H3,(H,16,18). The number of nitrogens with zero attached hydrogens (tertiary/aromatic N) is 1. The minimum Gasteiger partial charge on any atom is -0.379 e. The first-order valence-electron chi connectivity index (χ1n) is 7.57. The quantitative estimate of drug-likeness (QED) is 0.718. The molecule has 0 aliphatic carbocycles. The van der Waals surface area contributed by atoms with Gasteiger partial charge in [0.15, 0.2) is 0 Å². The van der Waals surface area contributed by atoms with Crippen molar-refractivity contribution in [2.45, 2.75) is 38.0 Å². The summed E-state index contributed by atoms with van der Waals surface area (Å²) < 4.78 is 11.2. The molecule has 4 unspecified atom stereocenters. The van der Waals surface area contributed by atoms with Crippen LogP contribution in [0.3, 0.4) is 0 Å². The number of morpholine rings is 1. The van der Waals surface area contributed by atoms with Crippen LogP contribution in [0.2, 0.25) is 0 Å². The molecule has 6 nitrogen and oxygen atoms in total. The number of carbonyl (C=O) groups is 1. The highest BCUT2D eigenvalue weighted by Gasteiger charge is 2.44. The second-order valence-electron chi connectivity index (χ2n) is 6.50. The van der Waals surface area contributed by atoms with Gasteiger partial charge in [-0.2, -0.15) is 0 Å². The highest BCUT2D eigenvalue weighted by molar-refractivity contribution is 5.83. The molecule has 0 aromatic heterocycles. The van der Waals surface area contributed by atoms with Gasteiger partial charge in [-0.1, -0.05) is 0 Å². The number of nitrogens with one attached hydrogen (secondary N) is 1. The van der Waals surface area contributed by atoms with E-state index in [1.165, 1.54) is 12.8 Å². The van der Waals surface area contributed by atoms with E-state index < -0.39 is 5.41 Å². The zero-order valence-electron chi connectivity index (χ0n) is 12.1. The first-order chi connectivity index (χ1) is 9.59. The molecule has 6 heteroatoms. The van der Waals surface area contributed by atoms with Crippen molar-refractivity contribution in [2.24, 2.45) is 11.1 Å². The molecule has 0 bridgehead atoms. The van der Waals surface area contributed by atoms with E-state index in [1.54, 1.807) is 0 Å². The largest absolute Gasteiger partial charge is 0.379 e. The number of ether oxygens (including phenoxy) is 2. The molecule has 1 amide bonds. The Kier molecular flexibility index (Phi) is 3.99. The maximum atomic E-state index is 12.3. The van der Waals surface area contributed by atoms with Crippen molar-refractivity contribution in [1.82, 2.24) is 10.2 Å². The molecule has 3 rings (SSSR count). The average Bonchev–Trinajstić information content (AvgIpc) is 3.03. The van der Waals surface area contributed by atoms with Gasteiger partial charge in [-0.15, -0.1) is 0 Å². The Morgan fingerprint density at radius 2 is 2.35 bits per heavy atom. The Morgan fingerprint density at radius 1 is 1.50 bits per heavy atom. The van der Waals surface area contributed by atoms with Crippen LogP contribution >= 0.6 is 0 Å². The first kappa shape index (κ1) is 14.3. The van der Waals surface area contributed by atoms with Gasteiger partial charge in [-0.3, -0.25) is 9.69 Å². The zero-order chi connectivity index (χ0) is 14.2. The molecule has 0 radical (unpaired) electrons. The van der Waals surface area contributed by atoms with Gasteiger partial charge in [0.05, 0.1) is 31.3 Å². The predicted octanol–water partition coefficient (Wildman–Crippen LogP) is -0.670. The number of carbonyl (C=O) groups excluding carboxylic acids is 1. The van der Waals surface area contributed by atoms with Crippen molar-refractivity contribution in [3.8, 4) is 0 Å². The Hall–Kier alpha value is -0.690. The fourth-order valence-corrected chi connectivity index (χ4v) is 3.34. The molecule has 3 saturated heterocycles. The van der Waals surface area contributed by atoms with Crippen LogP contribution in [0.15, 0.2) is 0 Å². The van der Waals surface area contributed by atoms with Crippen molar-refractivity contribution < 1.29 is 14.3 Å². The summed E-state index contributed by atoms with van der Waals surface area (Å²) in [4.78, 5) is 14.8. The number of rotatable bonds is 3. The second kappa shape index (κ2) is 5.60. The van der Waals surface area contributed by atoms with Crippen LogP contribution in [0.25, 0.3) is 0 Å². The molecule has 0 spiro atoms. The normalized spacial score (nSPS) is 41.6. The summed E-state index contributed by atoms with van der Waals surface area (Å²) in [6.07, 6.45) is 2.59. The summed E-state index contributed by atoms with van der Waals surface area (Å²) in [5.41, 5.74) is 5.36. The first-order valence-corrected chi connectivity index (χ1v) is 7.57. The van der Waals surface area contributed by atoms with Crippen LogP contribution in [0.4, 0.5) is 0 Å². The monoisotopic (exact) mass is 283 g/mol. The van der Waals surface area contributed by atoms with Gasteiger partial charge >= 0.3 is 0 Å². The van der Waals surface area contributed by atoms with Crippen molar-refractivity contribution in [3.63, 3.8) is 0 Å². The SMILES string of the molecule is CC1(C(=O)NCC2CN3CCCC3CO2)COCC1N. The van der Waals surface area contributed by atoms with E-state index in [-0.39, 0.29) is 18.1 Å². The molecule has 3 aliphatic rings. The predicted molar refractivity (Wildman–Crippen MR) is 74.2 cm³/mol. The Morgan fingerprint density at radius 3 is 3.10 bits per heavy atom. The number of fused-ring (bicyclic) bond motifs is 1. The molecular weight excluding hydrogens is 258 g/mol. The minimum atomic E-state index is -0.606. The molecule has 3 N–H and O–H groups in total. The smallest absolute Gasteiger partial charge is 0.230 e. The van der Waals surface area contributed by atoms with Crippen molar-refractivity contribution in [1.29, 1.82) is 0 Å². The third-order valence-corrected chi connectivity index (χ3v) is 4.99. The summed E-state index contributed by atoms with van der Waals surface area (Å²) in [5, 5.41) is 2.99. The van der Waals surface area contributed by atoms with E-state index in [4.69, 9.17) is 15.2 Å². The van der Waals surface area contributed by atoms with Crippen LogP contribution in [0, 0.1) is 5.41 Å². The topological polar surface area (TPSA) is 76.8 Å². The minimum absolute atomic E-state index is 0.0188. The van der Waals surface area contributed by atoms with E-state index in [2.05, 4.69) is 10.2 Å². The van der Waals surface area contributed by atoms with Crippen LogP contribution in [0.5, 0.6) is 0 Å². The summed E-state index contributed by atoms with van der Waals surface area (Å²) in [5.74, 6) is -0.0188. The Balaban J connectivity index is 1.48. The van der Waals surface area contributed by atoms with E-state index in [9.17, 15) is 4.79 Å². The number of amides is 1. The average molecular weight is 283 g/mol. The molecule has 3 heterocycles. The number of nitrogens with two attached hydrogens (primary N) is 1. The fraction of sp³-hybridized carbons (Fsp3) is 0.929. The highest BCUT2D eigenvalue weighted by Crippen LogP contribution is 2.27. The molecule has 0 saturated carbocycles. The van der Waals surface area contributed by atoms with E-state index >= 15 is 0 Å². The maximum Gasteiger partial charge on any atom is 0.230 e. The lowest BCUT2D eigenvalue weighted by molar-refractivity contribution is -0.132. The van der Waals surface area contributed by atoms with Crippen LogP contribution in [0.1, 0.15) is 19.8 Å². The molecule has 114 valence electrons. The van der Waals surface area contributed by atoms with Crippen molar-refractivity contribution in [2.75, 3.05) is 39.5 Å². The summed E-state index contributed by atoms with van der Waals surface area (Å²) in [6, 6.07) is 0.369. The molecule has 3 aliphatic heterocycles. The lowest BCUT2D eigenvalue weighted by atomic mass is 9.85. The van der Waals surface area contributed by atoms with E-state index in [0.29, 0.717) is 25.8 Å². The summed E-state index contributed by atoms with van der Waals surface area (Å²) >= 11 is 0. The van der Waals surface area contributed by atoms with E-state index in [1.807, 2.05) is 6.92 Å². The molecule has 3 fully saturated rings. The van der Waals surface area contributed by atoms with Crippen molar-refractivity contribution >= 4 is 5.91 Å². The molecule has 0 aromatic rings. The van der Waals surface area contributed by atoms with Crippen LogP contribution < -0.4 is 11.1 Å². The summed E-state index contributed by atoms with van der Waals surface area (Å²) in [7, 11) is 0. The second-order valence-corrected chi connectivity index (χ2v) is 6.50. The molecular formula is C14H25N3O3. The van der Waals surface area contributed by atoms with Gasteiger partial charge in [-0.05, 0) is 26.3 Å². The van der Waals surface area contributed by atoms with Crippen LogP contribution in [-0.4, -0.2) is 68.4 Å². The Labute approximate surface area is 120 Å². The number of hydrogen-bond donors (Lipinski definition) is 2. The Bertz CT molecular complexity index is 379. The zero-order valence-corrected chi connectivity index (χ0v) is 12.1. The van der Waals surface area contributed by atoms with Gasteiger partial charge in [0, 0.05) is 25.2 Å². The fourth-order valence-electron chi connectivity index (χ4n) is 3.34.